The van der Waals surface area contributed by atoms with Crippen LogP contribution >= 0.6 is 0 Å². The molecule has 0 atom stereocenters. The summed E-state index contributed by atoms with van der Waals surface area (Å²) in [6.45, 7) is 0. The van der Waals surface area contributed by atoms with Gasteiger partial charge >= 0.3 is 0 Å². The summed E-state index contributed by atoms with van der Waals surface area (Å²) in [6.07, 6.45) is 0. The van der Waals surface area contributed by atoms with Gasteiger partial charge in [0.2, 0.25) is 0 Å². The minimum Gasteiger partial charge on any atom is -0.455 e. The minimum absolute atomic E-state index is 0.909. The van der Waals surface area contributed by atoms with Gasteiger partial charge < -0.3 is 9.32 Å². The molecule has 0 fully saturated rings. The first-order valence-electron chi connectivity index (χ1n) is 19.8. The molecular formula is C56H37NO. The molecule has 272 valence electrons. The van der Waals surface area contributed by atoms with Crippen LogP contribution in [0, 0.1) is 0 Å². The Labute approximate surface area is 337 Å². The summed E-state index contributed by atoms with van der Waals surface area (Å²) in [6, 6.07) is 80.4. The van der Waals surface area contributed by atoms with Gasteiger partial charge in [-0.1, -0.05) is 176 Å². The van der Waals surface area contributed by atoms with E-state index in [1.807, 2.05) is 0 Å². The second-order valence-electron chi connectivity index (χ2n) is 14.9. The van der Waals surface area contributed by atoms with Gasteiger partial charge in [0.05, 0.1) is 0 Å². The second-order valence-corrected chi connectivity index (χ2v) is 14.9. The van der Waals surface area contributed by atoms with Gasteiger partial charge in [0, 0.05) is 38.8 Å². The lowest BCUT2D eigenvalue weighted by atomic mass is 9.93. The fraction of sp³-hybridized carbons (Fsp3) is 0. The Kier molecular flexibility index (Phi) is 8.19. The van der Waals surface area contributed by atoms with E-state index in [0.717, 1.165) is 66.6 Å². The lowest BCUT2D eigenvalue weighted by Crippen LogP contribution is -2.09. The summed E-state index contributed by atoms with van der Waals surface area (Å²) >= 11 is 0. The normalized spacial score (nSPS) is 11.4. The maximum absolute atomic E-state index is 6.97. The third kappa shape index (κ3) is 5.82. The molecular weight excluding hydrogens is 703 g/mol. The highest BCUT2D eigenvalue weighted by atomic mass is 16.3. The Balaban J connectivity index is 1.06. The number of hydrogen-bond donors (Lipinski definition) is 0. The van der Waals surface area contributed by atoms with E-state index in [-0.39, 0.29) is 0 Å². The van der Waals surface area contributed by atoms with E-state index in [0.29, 0.717) is 0 Å². The monoisotopic (exact) mass is 739 g/mol. The van der Waals surface area contributed by atoms with E-state index < -0.39 is 0 Å². The first-order chi connectivity index (χ1) is 28.8. The SMILES string of the molecule is c1ccc(-c2ccc(N(c3ccc(-c4ccccc4)cc3)c3ccc(-c4cc(-c5ccccc5)c5oc6c7ccccc7c7ccccc7c6c5c4)cc3)cc2)cc1. The lowest BCUT2D eigenvalue weighted by Gasteiger charge is -2.26. The van der Waals surface area contributed by atoms with Crippen molar-refractivity contribution in [2.24, 2.45) is 0 Å². The lowest BCUT2D eigenvalue weighted by molar-refractivity contribution is 0.674. The van der Waals surface area contributed by atoms with Crippen molar-refractivity contribution in [1.82, 2.24) is 0 Å². The highest BCUT2D eigenvalue weighted by Gasteiger charge is 2.20. The van der Waals surface area contributed by atoms with Crippen molar-refractivity contribution in [2.75, 3.05) is 4.90 Å². The van der Waals surface area contributed by atoms with Gasteiger partial charge in [0.25, 0.3) is 0 Å². The quantitative estimate of drug-likeness (QED) is 0.151. The standard InChI is InChI=1S/C56H37NO/c1-4-14-38(15-5-1)40-24-30-45(31-25-40)57(46-32-26-41(27-33-46)39-16-6-2-7-17-39)47-34-28-42(29-35-47)44-36-52(43-18-8-3-9-19-43)55-53(37-44)54-50-22-12-10-20-48(50)49-21-11-13-23-51(49)56(54)58-55/h1-37H. The Hall–Kier alpha value is -7.68. The average Bonchev–Trinajstić information content (AvgIpc) is 3.71. The highest BCUT2D eigenvalue weighted by molar-refractivity contribution is 6.31. The molecule has 1 aromatic heterocycles. The van der Waals surface area contributed by atoms with Crippen LogP contribution in [0.4, 0.5) is 17.1 Å². The van der Waals surface area contributed by atoms with Crippen LogP contribution < -0.4 is 4.90 Å². The van der Waals surface area contributed by atoms with E-state index in [2.05, 4.69) is 229 Å². The van der Waals surface area contributed by atoms with Crippen molar-refractivity contribution in [3.8, 4) is 44.5 Å². The number of nitrogens with zero attached hydrogens (tertiary/aromatic N) is 1. The maximum atomic E-state index is 6.97. The van der Waals surface area contributed by atoms with Crippen molar-refractivity contribution in [3.05, 3.63) is 224 Å². The van der Waals surface area contributed by atoms with Crippen LogP contribution in [0.25, 0.3) is 88.0 Å². The third-order valence-corrected chi connectivity index (χ3v) is 11.5. The van der Waals surface area contributed by atoms with Crippen molar-refractivity contribution in [1.29, 1.82) is 0 Å². The van der Waals surface area contributed by atoms with E-state index in [4.69, 9.17) is 4.42 Å². The predicted molar refractivity (Wildman–Crippen MR) is 245 cm³/mol. The van der Waals surface area contributed by atoms with E-state index >= 15 is 0 Å². The first-order valence-corrected chi connectivity index (χ1v) is 19.8. The molecule has 1 heterocycles. The van der Waals surface area contributed by atoms with Crippen LogP contribution in [0.15, 0.2) is 229 Å². The van der Waals surface area contributed by atoms with Crippen LogP contribution in [0.2, 0.25) is 0 Å². The smallest absolute Gasteiger partial charge is 0.143 e. The van der Waals surface area contributed by atoms with Gasteiger partial charge in [-0.05, 0) is 104 Å². The Morgan fingerprint density at radius 3 is 1.14 bits per heavy atom. The Bertz CT molecular complexity index is 3140. The van der Waals surface area contributed by atoms with Gasteiger partial charge in [0.1, 0.15) is 11.2 Å². The predicted octanol–water partition coefficient (Wildman–Crippen LogP) is 16.0. The van der Waals surface area contributed by atoms with Crippen molar-refractivity contribution < 1.29 is 4.42 Å². The zero-order valence-electron chi connectivity index (χ0n) is 31.7. The molecule has 2 heteroatoms. The first kappa shape index (κ1) is 33.6. The third-order valence-electron chi connectivity index (χ3n) is 11.5. The molecule has 0 unspecified atom stereocenters. The molecule has 0 radical (unpaired) electrons. The minimum atomic E-state index is 0.909. The fourth-order valence-electron chi connectivity index (χ4n) is 8.63. The molecule has 0 aliphatic heterocycles. The molecule has 0 spiro atoms. The molecule has 0 aliphatic carbocycles. The number of furan rings is 1. The largest absolute Gasteiger partial charge is 0.455 e. The van der Waals surface area contributed by atoms with Crippen molar-refractivity contribution >= 4 is 60.5 Å². The summed E-state index contributed by atoms with van der Waals surface area (Å²) in [5.41, 5.74) is 14.4. The van der Waals surface area contributed by atoms with Crippen LogP contribution in [0.5, 0.6) is 0 Å². The average molecular weight is 740 g/mol. The Morgan fingerprint density at radius 2 is 0.638 bits per heavy atom. The maximum Gasteiger partial charge on any atom is 0.143 e. The number of benzene rings is 10. The van der Waals surface area contributed by atoms with E-state index in [9.17, 15) is 0 Å². The molecule has 10 aromatic carbocycles. The summed E-state index contributed by atoms with van der Waals surface area (Å²) < 4.78 is 6.97. The van der Waals surface area contributed by atoms with Gasteiger partial charge in [-0.3, -0.25) is 0 Å². The number of anilines is 3. The van der Waals surface area contributed by atoms with Crippen LogP contribution in [0.3, 0.4) is 0 Å². The summed E-state index contributed by atoms with van der Waals surface area (Å²) in [5, 5.41) is 7.05. The molecule has 0 N–H and O–H groups in total. The van der Waals surface area contributed by atoms with E-state index in [1.54, 1.807) is 0 Å². The molecule has 0 aliphatic rings. The molecule has 2 nitrogen and oxygen atoms in total. The van der Waals surface area contributed by atoms with Gasteiger partial charge in [-0.15, -0.1) is 0 Å². The zero-order valence-corrected chi connectivity index (χ0v) is 31.7. The topological polar surface area (TPSA) is 16.4 Å². The molecule has 58 heavy (non-hydrogen) atoms. The summed E-state index contributed by atoms with van der Waals surface area (Å²) in [7, 11) is 0. The van der Waals surface area contributed by atoms with Crippen LogP contribution in [-0.2, 0) is 0 Å². The van der Waals surface area contributed by atoms with E-state index in [1.165, 1.54) is 38.4 Å². The van der Waals surface area contributed by atoms with Gasteiger partial charge in [-0.25, -0.2) is 0 Å². The summed E-state index contributed by atoms with van der Waals surface area (Å²) in [4.78, 5) is 2.34. The number of hydrogen-bond acceptors (Lipinski definition) is 2. The molecule has 0 saturated heterocycles. The zero-order chi connectivity index (χ0) is 38.4. The summed E-state index contributed by atoms with van der Waals surface area (Å²) in [5.74, 6) is 0. The fourth-order valence-corrected chi connectivity index (χ4v) is 8.63. The molecule has 0 amide bonds. The van der Waals surface area contributed by atoms with Crippen LogP contribution in [0.1, 0.15) is 0 Å². The molecule has 0 bridgehead atoms. The number of rotatable bonds is 7. The molecule has 11 aromatic rings. The highest BCUT2D eigenvalue weighted by Crippen LogP contribution is 2.46. The van der Waals surface area contributed by atoms with Crippen molar-refractivity contribution in [3.63, 3.8) is 0 Å². The number of fused-ring (bicyclic) bond motifs is 8. The molecule has 11 rings (SSSR count). The van der Waals surface area contributed by atoms with Crippen LogP contribution in [-0.4, -0.2) is 0 Å². The second kappa shape index (κ2) is 14.1. The Morgan fingerprint density at radius 1 is 0.259 bits per heavy atom. The van der Waals surface area contributed by atoms with Gasteiger partial charge in [-0.2, -0.15) is 0 Å². The van der Waals surface area contributed by atoms with Crippen molar-refractivity contribution in [2.45, 2.75) is 0 Å². The van der Waals surface area contributed by atoms with Gasteiger partial charge in [0.15, 0.2) is 0 Å². The molecule has 0 saturated carbocycles.